The largest absolute Gasteiger partial charge is 0.493 e. The SMILES string of the molecule is COC1=C(C(N)=O)NC(N2CCN(C(=O)N3N=CCC3c3cc(F)cc(F)c3)CC2)N=C1. The molecule has 3 aliphatic heterocycles. The predicted molar refractivity (Wildman–Crippen MR) is 111 cm³/mol. The van der Waals surface area contributed by atoms with Crippen LogP contribution in [0.4, 0.5) is 13.6 Å². The molecule has 2 atom stereocenters. The number of benzene rings is 1. The number of methoxy groups -OCH3 is 1. The van der Waals surface area contributed by atoms with Crippen molar-refractivity contribution in [2.24, 2.45) is 15.8 Å². The summed E-state index contributed by atoms with van der Waals surface area (Å²) in [6.07, 6.45) is 2.87. The van der Waals surface area contributed by atoms with E-state index in [2.05, 4.69) is 15.4 Å². The number of hydrogen-bond acceptors (Lipinski definition) is 7. The van der Waals surface area contributed by atoms with E-state index in [1.54, 1.807) is 11.1 Å². The second-order valence-corrected chi connectivity index (χ2v) is 7.51. The molecule has 0 saturated carbocycles. The molecule has 12 heteroatoms. The topological polar surface area (TPSA) is 116 Å². The lowest BCUT2D eigenvalue weighted by Crippen LogP contribution is -2.57. The molecular weight excluding hydrogens is 424 g/mol. The number of aliphatic imine (C=N–C) groups is 1. The summed E-state index contributed by atoms with van der Waals surface area (Å²) >= 11 is 0. The van der Waals surface area contributed by atoms with Crippen molar-refractivity contribution in [3.05, 3.63) is 46.9 Å². The van der Waals surface area contributed by atoms with E-state index in [9.17, 15) is 18.4 Å². The van der Waals surface area contributed by atoms with Gasteiger partial charge in [-0.05, 0) is 17.7 Å². The Morgan fingerprint density at radius 1 is 1.16 bits per heavy atom. The van der Waals surface area contributed by atoms with Gasteiger partial charge in [0.2, 0.25) is 0 Å². The van der Waals surface area contributed by atoms with Crippen LogP contribution >= 0.6 is 0 Å². The molecule has 0 aromatic heterocycles. The summed E-state index contributed by atoms with van der Waals surface area (Å²) in [5.74, 6) is -1.79. The Hall–Kier alpha value is -3.54. The van der Waals surface area contributed by atoms with Crippen LogP contribution < -0.4 is 11.1 Å². The summed E-state index contributed by atoms with van der Waals surface area (Å²) in [5, 5.41) is 8.36. The van der Waals surface area contributed by atoms with Gasteiger partial charge in [-0.15, -0.1) is 0 Å². The van der Waals surface area contributed by atoms with E-state index < -0.39 is 29.9 Å². The van der Waals surface area contributed by atoms with Crippen LogP contribution in [0.5, 0.6) is 0 Å². The van der Waals surface area contributed by atoms with Crippen molar-refractivity contribution in [2.75, 3.05) is 33.3 Å². The minimum Gasteiger partial charge on any atom is -0.493 e. The van der Waals surface area contributed by atoms with Gasteiger partial charge in [-0.3, -0.25) is 9.69 Å². The first-order chi connectivity index (χ1) is 15.4. The number of hydrazone groups is 1. The number of ether oxygens (including phenoxy) is 1. The molecule has 170 valence electrons. The summed E-state index contributed by atoms with van der Waals surface area (Å²) < 4.78 is 32.4. The van der Waals surface area contributed by atoms with Gasteiger partial charge in [-0.2, -0.15) is 5.10 Å². The Morgan fingerprint density at radius 2 is 1.84 bits per heavy atom. The number of halogens is 2. The fourth-order valence-electron chi connectivity index (χ4n) is 3.92. The number of allylic oxidation sites excluding steroid dienone is 1. The van der Waals surface area contributed by atoms with Crippen LogP contribution in [-0.2, 0) is 9.53 Å². The number of primary amides is 1. The molecule has 32 heavy (non-hydrogen) atoms. The van der Waals surface area contributed by atoms with Gasteiger partial charge in [-0.25, -0.2) is 23.6 Å². The van der Waals surface area contributed by atoms with Gasteiger partial charge in [0.1, 0.15) is 17.3 Å². The third-order valence-corrected chi connectivity index (χ3v) is 5.55. The van der Waals surface area contributed by atoms with Crippen LogP contribution in [0.15, 0.2) is 39.7 Å². The van der Waals surface area contributed by atoms with Gasteiger partial charge in [0, 0.05) is 44.9 Å². The average molecular weight is 447 g/mol. The summed E-state index contributed by atoms with van der Waals surface area (Å²) in [5.41, 5.74) is 5.89. The van der Waals surface area contributed by atoms with Gasteiger partial charge in [-0.1, -0.05) is 0 Å². The number of carbonyl (C=O) groups is 2. The minimum atomic E-state index is -0.700. The quantitative estimate of drug-likeness (QED) is 0.706. The van der Waals surface area contributed by atoms with Gasteiger partial charge < -0.3 is 20.7 Å². The van der Waals surface area contributed by atoms with Gasteiger partial charge >= 0.3 is 6.03 Å². The van der Waals surface area contributed by atoms with Crippen molar-refractivity contribution in [3.8, 4) is 0 Å². The molecule has 0 spiro atoms. The molecule has 10 nitrogen and oxygen atoms in total. The summed E-state index contributed by atoms with van der Waals surface area (Å²) in [7, 11) is 1.42. The molecule has 1 aromatic rings. The summed E-state index contributed by atoms with van der Waals surface area (Å²) in [6, 6.07) is 2.32. The second kappa shape index (κ2) is 8.91. The van der Waals surface area contributed by atoms with Crippen molar-refractivity contribution in [1.82, 2.24) is 20.1 Å². The van der Waals surface area contributed by atoms with Crippen LogP contribution in [0.25, 0.3) is 0 Å². The second-order valence-electron chi connectivity index (χ2n) is 7.51. The van der Waals surface area contributed by atoms with E-state index in [1.165, 1.54) is 30.5 Å². The fraction of sp³-hybridized carbons (Fsp3) is 0.400. The Bertz CT molecular complexity index is 985. The Labute approximate surface area is 183 Å². The highest BCUT2D eigenvalue weighted by Crippen LogP contribution is 2.30. The van der Waals surface area contributed by atoms with Crippen LogP contribution in [0, 0.1) is 11.6 Å². The molecule has 0 aliphatic carbocycles. The number of urea groups is 1. The maximum absolute atomic E-state index is 13.7. The first-order valence-electron chi connectivity index (χ1n) is 10.1. The van der Waals surface area contributed by atoms with Crippen molar-refractivity contribution in [3.63, 3.8) is 0 Å². The molecule has 3 amide bonds. The molecule has 3 N–H and O–H groups in total. The van der Waals surface area contributed by atoms with Crippen molar-refractivity contribution >= 4 is 24.4 Å². The van der Waals surface area contributed by atoms with Crippen molar-refractivity contribution in [1.29, 1.82) is 0 Å². The summed E-state index contributed by atoms with van der Waals surface area (Å²) in [6.45, 7) is 1.73. The number of carbonyl (C=O) groups excluding carboxylic acids is 2. The number of nitrogens with one attached hydrogen (secondary N) is 1. The third kappa shape index (κ3) is 4.26. The normalized spacial score (nSPS) is 23.5. The zero-order valence-electron chi connectivity index (χ0n) is 17.4. The molecule has 3 aliphatic rings. The van der Waals surface area contributed by atoms with Crippen LogP contribution in [0.2, 0.25) is 0 Å². The highest BCUT2D eigenvalue weighted by atomic mass is 19.1. The Morgan fingerprint density at radius 3 is 2.47 bits per heavy atom. The van der Waals surface area contributed by atoms with Crippen molar-refractivity contribution < 1.29 is 23.1 Å². The first-order valence-corrected chi connectivity index (χ1v) is 10.1. The first kappa shape index (κ1) is 21.7. The molecule has 2 unspecified atom stereocenters. The number of nitrogens with two attached hydrogens (primary N) is 1. The highest BCUT2D eigenvalue weighted by molar-refractivity contribution is 5.98. The number of nitrogens with zero attached hydrogens (tertiary/aromatic N) is 5. The lowest BCUT2D eigenvalue weighted by atomic mass is 10.0. The molecule has 3 heterocycles. The smallest absolute Gasteiger partial charge is 0.341 e. The van der Waals surface area contributed by atoms with E-state index in [-0.39, 0.29) is 17.5 Å². The number of amides is 3. The zero-order chi connectivity index (χ0) is 22.8. The van der Waals surface area contributed by atoms with Crippen molar-refractivity contribution in [2.45, 2.75) is 18.8 Å². The lowest BCUT2D eigenvalue weighted by molar-refractivity contribution is -0.115. The third-order valence-electron chi connectivity index (χ3n) is 5.55. The molecule has 4 rings (SSSR count). The standard InChI is InChI=1S/C20H23F2N7O3/c1-32-16-11-24-19(26-17(16)18(23)30)27-4-6-28(7-5-27)20(31)29-15(2-3-25-29)12-8-13(21)10-14(22)9-12/h3,8-11,15,19,26H,2,4-7H2,1H3,(H2,23,30). The number of piperazine rings is 1. The summed E-state index contributed by atoms with van der Waals surface area (Å²) in [4.78, 5) is 32.6. The fourth-order valence-corrected chi connectivity index (χ4v) is 3.92. The average Bonchev–Trinajstić information content (AvgIpc) is 3.27. The van der Waals surface area contributed by atoms with Crippen LogP contribution in [-0.4, -0.2) is 78.8 Å². The predicted octanol–water partition coefficient (Wildman–Crippen LogP) is 0.736. The molecular formula is C20H23F2N7O3. The van der Waals surface area contributed by atoms with E-state index in [0.29, 0.717) is 38.2 Å². The minimum absolute atomic E-state index is 0.141. The molecule has 0 bridgehead atoms. The van der Waals surface area contributed by atoms with Gasteiger partial charge in [0.05, 0.1) is 19.4 Å². The maximum Gasteiger partial charge on any atom is 0.341 e. The monoisotopic (exact) mass is 447 g/mol. The van der Waals surface area contributed by atoms with E-state index in [0.717, 1.165) is 6.07 Å². The zero-order valence-corrected chi connectivity index (χ0v) is 17.4. The Balaban J connectivity index is 1.38. The van der Waals surface area contributed by atoms with E-state index in [1.807, 2.05) is 4.90 Å². The molecule has 1 aromatic carbocycles. The van der Waals surface area contributed by atoms with Crippen LogP contribution in [0.1, 0.15) is 18.0 Å². The van der Waals surface area contributed by atoms with Gasteiger partial charge in [0.25, 0.3) is 5.91 Å². The van der Waals surface area contributed by atoms with E-state index in [4.69, 9.17) is 10.5 Å². The molecule has 1 fully saturated rings. The van der Waals surface area contributed by atoms with Gasteiger partial charge in [0.15, 0.2) is 12.0 Å². The number of hydrogen-bond donors (Lipinski definition) is 2. The maximum atomic E-state index is 13.7. The Kier molecular flexibility index (Phi) is 6.04. The van der Waals surface area contributed by atoms with Crippen LogP contribution in [0.3, 0.4) is 0 Å². The molecule has 1 saturated heterocycles. The highest BCUT2D eigenvalue weighted by Gasteiger charge is 2.35. The lowest BCUT2D eigenvalue weighted by Gasteiger charge is -2.40. The molecule has 0 radical (unpaired) electrons. The number of rotatable bonds is 4. The van der Waals surface area contributed by atoms with E-state index >= 15 is 0 Å².